The van der Waals surface area contributed by atoms with Crippen LogP contribution in [0.25, 0.3) is 16.8 Å². The van der Waals surface area contributed by atoms with Crippen LogP contribution in [-0.4, -0.2) is 43.5 Å². The van der Waals surface area contributed by atoms with Crippen LogP contribution in [0.5, 0.6) is 0 Å². The highest BCUT2D eigenvalue weighted by molar-refractivity contribution is 5.95. The van der Waals surface area contributed by atoms with Gasteiger partial charge in [-0.3, -0.25) is 9.78 Å². The molecule has 1 unspecified atom stereocenters. The van der Waals surface area contributed by atoms with Gasteiger partial charge >= 0.3 is 0 Å². The second-order valence-corrected chi connectivity index (χ2v) is 7.48. The van der Waals surface area contributed by atoms with E-state index >= 15 is 0 Å². The highest BCUT2D eigenvalue weighted by Gasteiger charge is 2.31. The van der Waals surface area contributed by atoms with E-state index in [0.29, 0.717) is 6.54 Å². The number of hydrogen-bond acceptors (Lipinski definition) is 4. The van der Waals surface area contributed by atoms with Crippen molar-refractivity contribution in [2.24, 2.45) is 0 Å². The molecule has 1 fully saturated rings. The SMILES string of the molecule is Cc1ccccc1C(=O)N1CCC(c2nc3ccc(-c4cccnc4)cn3n2)C1. The zero-order valence-electron chi connectivity index (χ0n) is 16.2. The predicted molar refractivity (Wildman–Crippen MR) is 111 cm³/mol. The average Bonchev–Trinajstić information content (AvgIpc) is 3.41. The van der Waals surface area contributed by atoms with Gasteiger partial charge in [-0.25, -0.2) is 9.50 Å². The van der Waals surface area contributed by atoms with Gasteiger partial charge in [-0.15, -0.1) is 0 Å². The zero-order valence-corrected chi connectivity index (χ0v) is 16.2. The molecule has 1 aromatic carbocycles. The lowest BCUT2D eigenvalue weighted by Gasteiger charge is -2.17. The number of carbonyl (C=O) groups excluding carboxylic acids is 1. The van der Waals surface area contributed by atoms with E-state index in [1.165, 1.54) is 0 Å². The Kier molecular flexibility index (Phi) is 4.31. The highest BCUT2D eigenvalue weighted by atomic mass is 16.2. The number of hydrogen-bond donors (Lipinski definition) is 0. The van der Waals surface area contributed by atoms with Crippen LogP contribution in [0, 0.1) is 6.92 Å². The maximum Gasteiger partial charge on any atom is 0.254 e. The molecule has 0 spiro atoms. The minimum Gasteiger partial charge on any atom is -0.338 e. The zero-order chi connectivity index (χ0) is 19.8. The van der Waals surface area contributed by atoms with Crippen LogP contribution in [-0.2, 0) is 0 Å². The summed E-state index contributed by atoms with van der Waals surface area (Å²) in [4.78, 5) is 23.7. The van der Waals surface area contributed by atoms with Gasteiger partial charge in [0.2, 0.25) is 0 Å². The molecule has 1 aliphatic heterocycles. The van der Waals surface area contributed by atoms with E-state index < -0.39 is 0 Å². The number of likely N-dealkylation sites (tertiary alicyclic amines) is 1. The Hall–Kier alpha value is -3.54. The molecule has 5 rings (SSSR count). The Morgan fingerprint density at radius 1 is 1.07 bits per heavy atom. The van der Waals surface area contributed by atoms with Crippen molar-refractivity contribution in [3.05, 3.63) is 84.1 Å². The number of aryl methyl sites for hydroxylation is 1. The highest BCUT2D eigenvalue weighted by Crippen LogP contribution is 2.27. The Bertz CT molecular complexity index is 1180. The van der Waals surface area contributed by atoms with Crippen LogP contribution >= 0.6 is 0 Å². The molecule has 4 aromatic rings. The van der Waals surface area contributed by atoms with Crippen molar-refractivity contribution in [3.8, 4) is 11.1 Å². The summed E-state index contributed by atoms with van der Waals surface area (Å²) in [6.45, 7) is 3.36. The van der Waals surface area contributed by atoms with Gasteiger partial charge in [0.25, 0.3) is 5.91 Å². The third-order valence-electron chi connectivity index (χ3n) is 5.56. The number of aromatic nitrogens is 4. The summed E-state index contributed by atoms with van der Waals surface area (Å²) in [6.07, 6.45) is 6.46. The Morgan fingerprint density at radius 2 is 1.97 bits per heavy atom. The minimum atomic E-state index is 0.0910. The largest absolute Gasteiger partial charge is 0.338 e. The van der Waals surface area contributed by atoms with Gasteiger partial charge in [0.1, 0.15) is 0 Å². The first kappa shape index (κ1) is 17.6. The fourth-order valence-corrected chi connectivity index (χ4v) is 3.92. The van der Waals surface area contributed by atoms with Crippen molar-refractivity contribution in [2.45, 2.75) is 19.3 Å². The van der Waals surface area contributed by atoms with Crippen molar-refractivity contribution in [2.75, 3.05) is 13.1 Å². The maximum absolute atomic E-state index is 12.9. The van der Waals surface area contributed by atoms with Crippen molar-refractivity contribution in [1.82, 2.24) is 24.5 Å². The second kappa shape index (κ2) is 7.13. The number of carbonyl (C=O) groups is 1. The third kappa shape index (κ3) is 3.27. The van der Waals surface area contributed by atoms with E-state index in [0.717, 1.165) is 46.7 Å². The first-order valence-electron chi connectivity index (χ1n) is 9.81. The lowest BCUT2D eigenvalue weighted by molar-refractivity contribution is 0.0790. The molecular weight excluding hydrogens is 362 g/mol. The third-order valence-corrected chi connectivity index (χ3v) is 5.56. The van der Waals surface area contributed by atoms with Gasteiger partial charge in [0.05, 0.1) is 0 Å². The molecule has 29 heavy (non-hydrogen) atoms. The first-order valence-corrected chi connectivity index (χ1v) is 9.81. The number of benzene rings is 1. The molecule has 0 bridgehead atoms. The normalized spacial score (nSPS) is 16.4. The van der Waals surface area contributed by atoms with E-state index in [2.05, 4.69) is 4.98 Å². The van der Waals surface area contributed by atoms with Crippen LogP contribution in [0.2, 0.25) is 0 Å². The molecule has 4 heterocycles. The van der Waals surface area contributed by atoms with Gasteiger partial charge < -0.3 is 4.90 Å². The molecule has 144 valence electrons. The minimum absolute atomic E-state index is 0.0910. The van der Waals surface area contributed by atoms with Crippen molar-refractivity contribution < 1.29 is 4.79 Å². The van der Waals surface area contributed by atoms with Gasteiger partial charge in [-0.1, -0.05) is 24.3 Å². The molecule has 0 radical (unpaired) electrons. The Morgan fingerprint density at radius 3 is 2.79 bits per heavy atom. The predicted octanol–water partition coefficient (Wildman–Crippen LogP) is 3.73. The lowest BCUT2D eigenvalue weighted by atomic mass is 10.1. The van der Waals surface area contributed by atoms with Gasteiger partial charge in [0, 0.05) is 54.3 Å². The molecule has 1 amide bonds. The van der Waals surface area contributed by atoms with E-state index in [1.54, 1.807) is 6.20 Å². The van der Waals surface area contributed by atoms with E-state index in [9.17, 15) is 4.79 Å². The summed E-state index contributed by atoms with van der Waals surface area (Å²) < 4.78 is 1.82. The molecule has 1 aliphatic rings. The molecule has 1 saturated heterocycles. The van der Waals surface area contributed by atoms with Gasteiger partial charge in [-0.05, 0) is 43.2 Å². The van der Waals surface area contributed by atoms with Crippen LogP contribution in [0.3, 0.4) is 0 Å². The maximum atomic E-state index is 12.9. The number of nitrogens with zero attached hydrogens (tertiary/aromatic N) is 5. The van der Waals surface area contributed by atoms with E-state index in [4.69, 9.17) is 10.1 Å². The number of rotatable bonds is 3. The van der Waals surface area contributed by atoms with Crippen molar-refractivity contribution >= 4 is 11.6 Å². The lowest BCUT2D eigenvalue weighted by Crippen LogP contribution is -2.29. The molecular formula is C23H21N5O. The standard InChI is InChI=1S/C23H21N5O/c1-16-5-2-3-7-20(16)23(29)27-12-10-19(14-27)22-25-21-9-8-18(15-28(21)26-22)17-6-4-11-24-13-17/h2-9,11,13,15,19H,10,12,14H2,1H3. The van der Waals surface area contributed by atoms with E-state index in [-0.39, 0.29) is 11.8 Å². The molecule has 0 saturated carbocycles. The number of amides is 1. The second-order valence-electron chi connectivity index (χ2n) is 7.48. The van der Waals surface area contributed by atoms with Crippen LogP contribution in [0.1, 0.15) is 34.1 Å². The first-order chi connectivity index (χ1) is 14.2. The Balaban J connectivity index is 1.38. The summed E-state index contributed by atoms with van der Waals surface area (Å²) in [5.41, 5.74) is 4.69. The molecule has 6 nitrogen and oxygen atoms in total. The summed E-state index contributed by atoms with van der Waals surface area (Å²) in [5, 5.41) is 4.71. The summed E-state index contributed by atoms with van der Waals surface area (Å²) in [5.74, 6) is 1.05. The fraction of sp³-hybridized carbons (Fsp3) is 0.217. The van der Waals surface area contributed by atoms with E-state index in [1.807, 2.05) is 77.3 Å². The van der Waals surface area contributed by atoms with Crippen LogP contribution in [0.15, 0.2) is 67.1 Å². The summed E-state index contributed by atoms with van der Waals surface area (Å²) in [7, 11) is 0. The van der Waals surface area contributed by atoms with Crippen molar-refractivity contribution in [3.63, 3.8) is 0 Å². The number of pyridine rings is 2. The quantitative estimate of drug-likeness (QED) is 0.541. The molecule has 0 aliphatic carbocycles. The van der Waals surface area contributed by atoms with Gasteiger partial charge in [0.15, 0.2) is 11.5 Å². The summed E-state index contributed by atoms with van der Waals surface area (Å²) >= 11 is 0. The monoisotopic (exact) mass is 383 g/mol. The van der Waals surface area contributed by atoms with Gasteiger partial charge in [-0.2, -0.15) is 5.10 Å². The average molecular weight is 383 g/mol. The molecule has 1 atom stereocenters. The van der Waals surface area contributed by atoms with Crippen LogP contribution in [0.4, 0.5) is 0 Å². The molecule has 3 aromatic heterocycles. The number of fused-ring (bicyclic) bond motifs is 1. The smallest absolute Gasteiger partial charge is 0.254 e. The van der Waals surface area contributed by atoms with Crippen LogP contribution < -0.4 is 0 Å². The topological polar surface area (TPSA) is 63.4 Å². The van der Waals surface area contributed by atoms with Crippen molar-refractivity contribution in [1.29, 1.82) is 0 Å². The summed E-state index contributed by atoms with van der Waals surface area (Å²) in [6, 6.07) is 15.7. The molecule has 0 N–H and O–H groups in total. The fourth-order valence-electron chi connectivity index (χ4n) is 3.92. The molecule has 6 heteroatoms. The Labute approximate surface area is 168 Å².